The molecule has 6 heteroatoms. The van der Waals surface area contributed by atoms with Crippen molar-refractivity contribution in [1.29, 1.82) is 0 Å². The summed E-state index contributed by atoms with van der Waals surface area (Å²) in [5.41, 5.74) is 0. The number of hydrogen-bond donors (Lipinski definition) is 1. The van der Waals surface area contributed by atoms with Crippen LogP contribution in [-0.2, 0) is 6.54 Å². The van der Waals surface area contributed by atoms with Gasteiger partial charge in [0, 0.05) is 23.3 Å². The topological polar surface area (TPSA) is 51.0 Å². The summed E-state index contributed by atoms with van der Waals surface area (Å²) in [7, 11) is 0. The number of nitrogens with zero attached hydrogens (tertiary/aromatic N) is 2. The van der Waals surface area contributed by atoms with E-state index >= 15 is 0 Å². The Balaban J connectivity index is 1.86. The highest BCUT2D eigenvalue weighted by Crippen LogP contribution is 2.34. The summed E-state index contributed by atoms with van der Waals surface area (Å²) in [6.45, 7) is 4.99. The minimum absolute atomic E-state index is 0.412. The van der Waals surface area contributed by atoms with E-state index in [1.807, 2.05) is 23.5 Å². The lowest BCUT2D eigenvalue weighted by atomic mass is 10.3. The third-order valence-electron chi connectivity index (χ3n) is 2.80. The Kier molecular flexibility index (Phi) is 5.18. The van der Waals surface area contributed by atoms with Crippen LogP contribution in [0.1, 0.15) is 37.2 Å². The molecule has 1 saturated heterocycles. The zero-order valence-electron chi connectivity index (χ0n) is 10.3. The number of hydrogen-bond acceptors (Lipinski definition) is 6. The lowest BCUT2D eigenvalue weighted by Crippen LogP contribution is -2.24. The van der Waals surface area contributed by atoms with Crippen LogP contribution >= 0.6 is 23.5 Å². The quantitative estimate of drug-likeness (QED) is 0.889. The molecular formula is C11H19N3OS2. The predicted molar refractivity (Wildman–Crippen MR) is 73.4 cm³/mol. The van der Waals surface area contributed by atoms with Gasteiger partial charge in [-0.15, -0.1) is 11.8 Å². The molecule has 1 aromatic rings. The molecule has 1 fully saturated rings. The highest BCUT2D eigenvalue weighted by atomic mass is 32.2. The van der Waals surface area contributed by atoms with Crippen LogP contribution in [-0.4, -0.2) is 33.4 Å². The van der Waals surface area contributed by atoms with Crippen molar-refractivity contribution in [2.45, 2.75) is 38.1 Å². The summed E-state index contributed by atoms with van der Waals surface area (Å²) in [5.74, 6) is 5.09. The highest BCUT2D eigenvalue weighted by molar-refractivity contribution is 8.06. The fraction of sp³-hybridized carbons (Fsp3) is 0.818. The summed E-state index contributed by atoms with van der Waals surface area (Å²) in [4.78, 5) is 4.47. The predicted octanol–water partition coefficient (Wildman–Crippen LogP) is 2.48. The maximum atomic E-state index is 5.27. The second kappa shape index (κ2) is 6.66. The zero-order valence-corrected chi connectivity index (χ0v) is 11.9. The Bertz CT molecular complexity index is 339. The summed E-state index contributed by atoms with van der Waals surface area (Å²) in [5, 5.41) is 7.85. The molecule has 1 aromatic heterocycles. The molecular weight excluding hydrogens is 254 g/mol. The second-order valence-electron chi connectivity index (χ2n) is 4.17. The fourth-order valence-corrected chi connectivity index (χ4v) is 4.10. The normalized spacial score (nSPS) is 22.6. The van der Waals surface area contributed by atoms with E-state index in [0.29, 0.717) is 23.7 Å². The Morgan fingerprint density at radius 1 is 1.53 bits per heavy atom. The third kappa shape index (κ3) is 3.89. The van der Waals surface area contributed by atoms with Gasteiger partial charge in [-0.25, -0.2) is 0 Å². The van der Waals surface area contributed by atoms with Crippen LogP contribution in [0.25, 0.3) is 0 Å². The van der Waals surface area contributed by atoms with Crippen molar-refractivity contribution < 1.29 is 4.52 Å². The van der Waals surface area contributed by atoms with Crippen LogP contribution in [0.3, 0.4) is 0 Å². The van der Waals surface area contributed by atoms with Gasteiger partial charge in [0.15, 0.2) is 5.82 Å². The van der Waals surface area contributed by atoms with Gasteiger partial charge in [-0.2, -0.15) is 16.7 Å². The third-order valence-corrected chi connectivity index (χ3v) is 5.55. The highest BCUT2D eigenvalue weighted by Gasteiger charge is 2.21. The van der Waals surface area contributed by atoms with E-state index in [-0.39, 0.29) is 0 Å². The van der Waals surface area contributed by atoms with E-state index in [0.717, 1.165) is 18.0 Å². The molecule has 0 bridgehead atoms. The number of nitrogens with one attached hydrogen (secondary N) is 1. The van der Waals surface area contributed by atoms with Crippen molar-refractivity contribution in [2.24, 2.45) is 0 Å². The molecule has 1 N–H and O–H groups in total. The summed E-state index contributed by atoms with van der Waals surface area (Å²) in [6.07, 6.45) is 1.11. The van der Waals surface area contributed by atoms with Gasteiger partial charge < -0.3 is 9.84 Å². The largest absolute Gasteiger partial charge is 0.338 e. The standard InChI is InChI=1S/C11H19N3OS2/c1-3-8(2)12-6-10-13-11(14-15-10)9-7-16-4-5-17-9/h8-9,12H,3-7H2,1-2H3. The Morgan fingerprint density at radius 2 is 2.41 bits per heavy atom. The molecule has 0 spiro atoms. The SMILES string of the molecule is CCC(C)NCc1nc(C2CSCCS2)no1. The van der Waals surface area contributed by atoms with Gasteiger partial charge in [0.05, 0.1) is 11.8 Å². The molecule has 4 nitrogen and oxygen atoms in total. The summed E-state index contributed by atoms with van der Waals surface area (Å²) in [6, 6.07) is 0.491. The van der Waals surface area contributed by atoms with E-state index in [1.165, 1.54) is 11.5 Å². The molecule has 1 aliphatic heterocycles. The smallest absolute Gasteiger partial charge is 0.240 e. The minimum Gasteiger partial charge on any atom is -0.338 e. The van der Waals surface area contributed by atoms with Crippen molar-refractivity contribution in [2.75, 3.05) is 17.3 Å². The van der Waals surface area contributed by atoms with E-state index in [9.17, 15) is 0 Å². The Hall–Kier alpha value is -0.200. The summed E-state index contributed by atoms with van der Waals surface area (Å²) < 4.78 is 5.27. The van der Waals surface area contributed by atoms with Crippen molar-refractivity contribution >= 4 is 23.5 Å². The average Bonchev–Trinajstić information content (AvgIpc) is 2.86. The molecule has 0 saturated carbocycles. The van der Waals surface area contributed by atoms with Gasteiger partial charge in [-0.05, 0) is 13.3 Å². The van der Waals surface area contributed by atoms with Crippen molar-refractivity contribution in [3.05, 3.63) is 11.7 Å². The average molecular weight is 273 g/mol. The fourth-order valence-electron chi connectivity index (χ4n) is 1.51. The van der Waals surface area contributed by atoms with Crippen LogP contribution in [0.2, 0.25) is 0 Å². The van der Waals surface area contributed by atoms with Crippen LogP contribution in [0.4, 0.5) is 0 Å². The number of aromatic nitrogens is 2. The van der Waals surface area contributed by atoms with Gasteiger partial charge in [0.1, 0.15) is 0 Å². The molecule has 2 rings (SSSR count). The van der Waals surface area contributed by atoms with Gasteiger partial charge in [0.25, 0.3) is 0 Å². The van der Waals surface area contributed by atoms with Gasteiger partial charge in [0.2, 0.25) is 5.89 Å². The molecule has 0 aromatic carbocycles. The molecule has 2 atom stereocenters. The summed E-state index contributed by atoms with van der Waals surface area (Å²) >= 11 is 3.90. The molecule has 96 valence electrons. The number of thioether (sulfide) groups is 2. The molecule has 17 heavy (non-hydrogen) atoms. The first-order valence-electron chi connectivity index (χ1n) is 6.04. The first-order chi connectivity index (χ1) is 8.29. The van der Waals surface area contributed by atoms with Gasteiger partial charge in [-0.1, -0.05) is 12.1 Å². The van der Waals surface area contributed by atoms with Crippen molar-refractivity contribution in [3.63, 3.8) is 0 Å². The lowest BCUT2D eigenvalue weighted by Gasteiger charge is -2.17. The first-order valence-corrected chi connectivity index (χ1v) is 8.25. The zero-order chi connectivity index (χ0) is 12.1. The molecule has 2 heterocycles. The Morgan fingerprint density at radius 3 is 3.12 bits per heavy atom. The first kappa shape index (κ1) is 13.2. The molecule has 0 aliphatic carbocycles. The maximum absolute atomic E-state index is 5.27. The van der Waals surface area contributed by atoms with Crippen LogP contribution in [0.5, 0.6) is 0 Å². The van der Waals surface area contributed by atoms with Crippen molar-refractivity contribution in [1.82, 2.24) is 15.5 Å². The van der Waals surface area contributed by atoms with E-state index in [4.69, 9.17) is 4.52 Å². The van der Waals surface area contributed by atoms with E-state index < -0.39 is 0 Å². The van der Waals surface area contributed by atoms with Crippen LogP contribution < -0.4 is 5.32 Å². The van der Waals surface area contributed by atoms with Gasteiger partial charge in [-0.3, -0.25) is 0 Å². The number of rotatable bonds is 5. The van der Waals surface area contributed by atoms with Gasteiger partial charge >= 0.3 is 0 Å². The molecule has 2 unspecified atom stereocenters. The minimum atomic E-state index is 0.412. The monoisotopic (exact) mass is 273 g/mol. The lowest BCUT2D eigenvalue weighted by molar-refractivity contribution is 0.354. The van der Waals surface area contributed by atoms with E-state index in [1.54, 1.807) is 0 Å². The second-order valence-corrected chi connectivity index (χ2v) is 6.63. The van der Waals surface area contributed by atoms with Crippen LogP contribution in [0, 0.1) is 0 Å². The maximum Gasteiger partial charge on any atom is 0.240 e. The molecule has 0 radical (unpaired) electrons. The van der Waals surface area contributed by atoms with Crippen LogP contribution in [0.15, 0.2) is 4.52 Å². The molecule has 1 aliphatic rings. The van der Waals surface area contributed by atoms with E-state index in [2.05, 4.69) is 29.3 Å². The Labute approximate surface area is 111 Å². The molecule has 0 amide bonds. The van der Waals surface area contributed by atoms with Crippen molar-refractivity contribution in [3.8, 4) is 0 Å².